The summed E-state index contributed by atoms with van der Waals surface area (Å²) in [6.07, 6.45) is 0.295. The van der Waals surface area contributed by atoms with Crippen molar-refractivity contribution in [1.82, 2.24) is 5.32 Å². The minimum atomic E-state index is -0.587. The van der Waals surface area contributed by atoms with Crippen LogP contribution in [0.3, 0.4) is 0 Å². The number of esters is 1. The van der Waals surface area contributed by atoms with Crippen molar-refractivity contribution in [2.24, 2.45) is 5.92 Å². The molecule has 7 nitrogen and oxygen atoms in total. The Morgan fingerprint density at radius 2 is 1.88 bits per heavy atom. The van der Waals surface area contributed by atoms with Crippen LogP contribution in [0.25, 0.3) is 0 Å². The molecule has 138 valence electrons. The van der Waals surface area contributed by atoms with Gasteiger partial charge in [-0.3, -0.25) is 14.4 Å². The summed E-state index contributed by atoms with van der Waals surface area (Å²) >= 11 is 0. The van der Waals surface area contributed by atoms with E-state index in [1.807, 2.05) is 0 Å². The molecule has 1 unspecified atom stereocenters. The minimum absolute atomic E-state index is 0.216. The zero-order chi connectivity index (χ0) is 18.8. The molecule has 0 fully saturated rings. The standard InChI is InChI=1S/C18H26N2O5/c1-12(2)8-9-25-13(3)17(22)20-15-7-5-6-14(10-15)18(23)19-11-16(21)24-4/h5-7,10,12-13H,8-9,11H2,1-4H3,(H,19,23)(H,20,22). The Bertz CT molecular complexity index is 601. The molecule has 0 heterocycles. The highest BCUT2D eigenvalue weighted by Crippen LogP contribution is 2.12. The molecule has 1 aromatic carbocycles. The number of hydrogen-bond donors (Lipinski definition) is 2. The molecule has 0 aliphatic heterocycles. The third kappa shape index (κ3) is 7.80. The molecule has 0 saturated carbocycles. The number of ether oxygens (including phenoxy) is 2. The topological polar surface area (TPSA) is 93.7 Å². The van der Waals surface area contributed by atoms with Gasteiger partial charge in [0.2, 0.25) is 0 Å². The number of amides is 2. The Morgan fingerprint density at radius 3 is 2.52 bits per heavy atom. The van der Waals surface area contributed by atoms with E-state index in [1.165, 1.54) is 13.2 Å². The summed E-state index contributed by atoms with van der Waals surface area (Å²) in [6.45, 7) is 6.16. The fourth-order valence-corrected chi connectivity index (χ4v) is 1.86. The summed E-state index contributed by atoms with van der Waals surface area (Å²) in [6, 6.07) is 6.44. The van der Waals surface area contributed by atoms with Crippen LogP contribution in [0, 0.1) is 5.92 Å². The van der Waals surface area contributed by atoms with Crippen LogP contribution in [0.15, 0.2) is 24.3 Å². The molecule has 0 radical (unpaired) electrons. The van der Waals surface area contributed by atoms with Gasteiger partial charge in [0.05, 0.1) is 7.11 Å². The second kappa shape index (κ2) is 10.5. The lowest BCUT2D eigenvalue weighted by molar-refractivity contribution is -0.139. The second-order valence-corrected chi connectivity index (χ2v) is 6.02. The smallest absolute Gasteiger partial charge is 0.325 e. The van der Waals surface area contributed by atoms with Crippen molar-refractivity contribution in [2.45, 2.75) is 33.3 Å². The van der Waals surface area contributed by atoms with Crippen LogP contribution in [0.2, 0.25) is 0 Å². The van der Waals surface area contributed by atoms with Gasteiger partial charge in [-0.25, -0.2) is 0 Å². The van der Waals surface area contributed by atoms with E-state index in [4.69, 9.17) is 4.74 Å². The fourth-order valence-electron chi connectivity index (χ4n) is 1.86. The first-order valence-corrected chi connectivity index (χ1v) is 8.21. The van der Waals surface area contributed by atoms with Gasteiger partial charge in [0.1, 0.15) is 12.6 Å². The van der Waals surface area contributed by atoms with Gasteiger partial charge in [-0.2, -0.15) is 0 Å². The summed E-state index contributed by atoms with van der Waals surface area (Å²) in [5, 5.41) is 5.16. The maximum Gasteiger partial charge on any atom is 0.325 e. The van der Waals surface area contributed by atoms with E-state index in [-0.39, 0.29) is 12.5 Å². The van der Waals surface area contributed by atoms with Crippen LogP contribution in [0.5, 0.6) is 0 Å². The molecule has 0 bridgehead atoms. The zero-order valence-electron chi connectivity index (χ0n) is 15.1. The summed E-state index contributed by atoms with van der Waals surface area (Å²) in [5.41, 5.74) is 0.810. The third-order valence-corrected chi connectivity index (χ3v) is 3.45. The Morgan fingerprint density at radius 1 is 1.16 bits per heavy atom. The number of rotatable bonds is 9. The highest BCUT2D eigenvalue weighted by atomic mass is 16.5. The first-order chi connectivity index (χ1) is 11.8. The number of methoxy groups -OCH3 is 1. The molecule has 1 atom stereocenters. The van der Waals surface area contributed by atoms with Crippen molar-refractivity contribution in [3.63, 3.8) is 0 Å². The van der Waals surface area contributed by atoms with Crippen molar-refractivity contribution in [3.05, 3.63) is 29.8 Å². The Labute approximate surface area is 148 Å². The molecule has 0 saturated heterocycles. The molecule has 7 heteroatoms. The van der Waals surface area contributed by atoms with Gasteiger partial charge in [-0.15, -0.1) is 0 Å². The predicted molar refractivity (Wildman–Crippen MR) is 94.3 cm³/mol. The number of benzene rings is 1. The van der Waals surface area contributed by atoms with E-state index in [0.29, 0.717) is 23.8 Å². The largest absolute Gasteiger partial charge is 0.468 e. The Balaban J connectivity index is 2.57. The molecular formula is C18H26N2O5. The average Bonchev–Trinajstić information content (AvgIpc) is 2.58. The lowest BCUT2D eigenvalue weighted by Gasteiger charge is -2.14. The van der Waals surface area contributed by atoms with Crippen LogP contribution < -0.4 is 10.6 Å². The monoisotopic (exact) mass is 350 g/mol. The number of carbonyl (C=O) groups is 3. The van der Waals surface area contributed by atoms with Crippen LogP contribution >= 0.6 is 0 Å². The third-order valence-electron chi connectivity index (χ3n) is 3.45. The van der Waals surface area contributed by atoms with E-state index >= 15 is 0 Å². The lowest BCUT2D eigenvalue weighted by atomic mass is 10.1. The van der Waals surface area contributed by atoms with Crippen LogP contribution in [-0.4, -0.2) is 44.1 Å². The first-order valence-electron chi connectivity index (χ1n) is 8.21. The maximum absolute atomic E-state index is 12.1. The Hall–Kier alpha value is -2.41. The van der Waals surface area contributed by atoms with Gasteiger partial charge < -0.3 is 20.1 Å². The second-order valence-electron chi connectivity index (χ2n) is 6.02. The van der Waals surface area contributed by atoms with Crippen LogP contribution in [0.4, 0.5) is 5.69 Å². The van der Waals surface area contributed by atoms with E-state index < -0.39 is 18.0 Å². The van der Waals surface area contributed by atoms with E-state index in [1.54, 1.807) is 25.1 Å². The summed E-state index contributed by atoms with van der Waals surface area (Å²) in [7, 11) is 1.25. The van der Waals surface area contributed by atoms with Crippen LogP contribution in [-0.2, 0) is 19.1 Å². The van der Waals surface area contributed by atoms with Gasteiger partial charge in [-0.05, 0) is 37.5 Å². The SMILES string of the molecule is COC(=O)CNC(=O)c1cccc(NC(=O)C(C)OCCC(C)C)c1. The van der Waals surface area contributed by atoms with Crippen molar-refractivity contribution >= 4 is 23.5 Å². The molecular weight excluding hydrogens is 324 g/mol. The van der Waals surface area contributed by atoms with Gasteiger partial charge in [0, 0.05) is 17.9 Å². The quantitative estimate of drug-likeness (QED) is 0.664. The lowest BCUT2D eigenvalue weighted by Crippen LogP contribution is -2.30. The molecule has 2 N–H and O–H groups in total. The maximum atomic E-state index is 12.1. The number of hydrogen-bond acceptors (Lipinski definition) is 5. The van der Waals surface area contributed by atoms with E-state index in [0.717, 1.165) is 6.42 Å². The first kappa shape index (κ1) is 20.6. The van der Waals surface area contributed by atoms with Crippen molar-refractivity contribution < 1.29 is 23.9 Å². The average molecular weight is 350 g/mol. The highest BCUT2D eigenvalue weighted by molar-refractivity contribution is 5.99. The number of nitrogens with one attached hydrogen (secondary N) is 2. The summed E-state index contributed by atoms with van der Waals surface area (Å²) in [4.78, 5) is 35.2. The minimum Gasteiger partial charge on any atom is -0.468 e. The van der Waals surface area contributed by atoms with Gasteiger partial charge >= 0.3 is 5.97 Å². The summed E-state index contributed by atoms with van der Waals surface area (Å²) < 4.78 is 9.96. The normalized spacial score (nSPS) is 11.7. The molecule has 25 heavy (non-hydrogen) atoms. The van der Waals surface area contributed by atoms with Gasteiger partial charge in [0.25, 0.3) is 11.8 Å². The van der Waals surface area contributed by atoms with Crippen LogP contribution in [0.1, 0.15) is 37.6 Å². The molecule has 2 amide bonds. The Kier molecular flexibility index (Phi) is 8.63. The number of carbonyl (C=O) groups excluding carboxylic acids is 3. The molecule has 0 spiro atoms. The predicted octanol–water partition coefficient (Wildman–Crippen LogP) is 1.98. The van der Waals surface area contributed by atoms with Gasteiger partial charge in [0.15, 0.2) is 0 Å². The fraction of sp³-hybridized carbons (Fsp3) is 0.500. The summed E-state index contributed by atoms with van der Waals surface area (Å²) in [5.74, 6) is -0.737. The highest BCUT2D eigenvalue weighted by Gasteiger charge is 2.15. The zero-order valence-corrected chi connectivity index (χ0v) is 15.1. The van der Waals surface area contributed by atoms with Gasteiger partial charge in [-0.1, -0.05) is 19.9 Å². The number of anilines is 1. The van der Waals surface area contributed by atoms with E-state index in [9.17, 15) is 14.4 Å². The van der Waals surface area contributed by atoms with Crippen molar-refractivity contribution in [2.75, 3.05) is 25.6 Å². The molecule has 1 rings (SSSR count). The van der Waals surface area contributed by atoms with Crippen molar-refractivity contribution in [3.8, 4) is 0 Å². The molecule has 0 aliphatic carbocycles. The molecule has 1 aromatic rings. The van der Waals surface area contributed by atoms with E-state index in [2.05, 4.69) is 29.2 Å². The van der Waals surface area contributed by atoms with Crippen molar-refractivity contribution in [1.29, 1.82) is 0 Å². The molecule has 0 aliphatic rings. The molecule has 0 aromatic heterocycles.